The zero-order valence-electron chi connectivity index (χ0n) is 12.9. The maximum absolute atomic E-state index is 11.1. The third-order valence-corrected chi connectivity index (χ3v) is 2.90. The fourth-order valence-electron chi connectivity index (χ4n) is 1.83. The van der Waals surface area contributed by atoms with Crippen LogP contribution in [0.4, 0.5) is 0 Å². The molecule has 0 unspecified atom stereocenters. The molecule has 0 amide bonds. The summed E-state index contributed by atoms with van der Waals surface area (Å²) in [6, 6.07) is 0. The quantitative estimate of drug-likeness (QED) is 0.534. The lowest BCUT2D eigenvalue weighted by Crippen LogP contribution is -2.47. The topological polar surface area (TPSA) is 112 Å². The van der Waals surface area contributed by atoms with Gasteiger partial charge in [0.05, 0.1) is 6.61 Å². The van der Waals surface area contributed by atoms with E-state index in [2.05, 4.69) is 0 Å². The number of carbonyl (C=O) groups excluding carboxylic acids is 2. The summed E-state index contributed by atoms with van der Waals surface area (Å²) in [6.45, 7) is 4.40. The maximum atomic E-state index is 11.1. The SMILES string of the molecule is CCCCO[C@H]1O[C@H](COC(C)=O)[C@@H](OC(C)=O)C(O)=C1O. The third-order valence-electron chi connectivity index (χ3n) is 2.90. The van der Waals surface area contributed by atoms with Crippen molar-refractivity contribution in [2.45, 2.75) is 52.1 Å². The van der Waals surface area contributed by atoms with Gasteiger partial charge in [0.15, 0.2) is 17.6 Å². The Hall–Kier alpha value is -1.80. The van der Waals surface area contributed by atoms with Crippen molar-refractivity contribution in [1.82, 2.24) is 0 Å². The highest BCUT2D eigenvalue weighted by atomic mass is 16.7. The van der Waals surface area contributed by atoms with Crippen molar-refractivity contribution in [1.29, 1.82) is 0 Å². The lowest BCUT2D eigenvalue weighted by molar-refractivity contribution is -0.221. The van der Waals surface area contributed by atoms with Crippen LogP contribution in [0, 0.1) is 0 Å². The van der Waals surface area contributed by atoms with E-state index >= 15 is 0 Å². The normalized spacial score (nSPS) is 25.0. The molecule has 0 aromatic carbocycles. The van der Waals surface area contributed by atoms with Crippen LogP contribution in [0.5, 0.6) is 0 Å². The largest absolute Gasteiger partial charge is 0.505 e. The summed E-state index contributed by atoms with van der Waals surface area (Å²) in [5.41, 5.74) is 0. The Bertz CT molecular complexity index is 431. The molecule has 0 fully saturated rings. The third kappa shape index (κ3) is 5.19. The molecule has 126 valence electrons. The Kier molecular flexibility index (Phi) is 7.13. The molecule has 0 bridgehead atoms. The summed E-state index contributed by atoms with van der Waals surface area (Å²) in [5, 5.41) is 19.9. The molecule has 1 aliphatic heterocycles. The van der Waals surface area contributed by atoms with Crippen molar-refractivity contribution in [3.63, 3.8) is 0 Å². The Morgan fingerprint density at radius 2 is 1.86 bits per heavy atom. The van der Waals surface area contributed by atoms with Gasteiger partial charge in [0.1, 0.15) is 12.7 Å². The Balaban J connectivity index is 2.86. The van der Waals surface area contributed by atoms with E-state index in [0.29, 0.717) is 6.61 Å². The van der Waals surface area contributed by atoms with Crippen molar-refractivity contribution >= 4 is 11.9 Å². The first kappa shape index (κ1) is 18.2. The van der Waals surface area contributed by atoms with Gasteiger partial charge >= 0.3 is 11.9 Å². The Morgan fingerprint density at radius 1 is 1.18 bits per heavy atom. The maximum Gasteiger partial charge on any atom is 0.303 e. The zero-order valence-corrected chi connectivity index (χ0v) is 12.9. The Labute approximate surface area is 128 Å². The zero-order chi connectivity index (χ0) is 16.7. The molecular weight excluding hydrogens is 296 g/mol. The van der Waals surface area contributed by atoms with Gasteiger partial charge in [0.2, 0.25) is 6.29 Å². The van der Waals surface area contributed by atoms with E-state index in [1.165, 1.54) is 6.92 Å². The first-order chi connectivity index (χ1) is 10.4. The molecule has 1 heterocycles. The monoisotopic (exact) mass is 318 g/mol. The summed E-state index contributed by atoms with van der Waals surface area (Å²) in [7, 11) is 0. The molecule has 0 saturated heterocycles. The van der Waals surface area contributed by atoms with Gasteiger partial charge in [-0.1, -0.05) is 13.3 Å². The molecule has 1 rings (SSSR count). The van der Waals surface area contributed by atoms with Crippen molar-refractivity contribution < 1.29 is 38.7 Å². The molecule has 8 nitrogen and oxygen atoms in total. The van der Waals surface area contributed by atoms with Crippen molar-refractivity contribution in [2.24, 2.45) is 0 Å². The minimum absolute atomic E-state index is 0.252. The van der Waals surface area contributed by atoms with Gasteiger partial charge in [0.25, 0.3) is 0 Å². The molecule has 0 aromatic heterocycles. The number of hydrogen-bond donors (Lipinski definition) is 2. The van der Waals surface area contributed by atoms with Gasteiger partial charge in [0, 0.05) is 13.8 Å². The highest BCUT2D eigenvalue weighted by Gasteiger charge is 2.41. The minimum atomic E-state index is -1.26. The number of unbranched alkanes of at least 4 members (excludes halogenated alkanes) is 1. The van der Waals surface area contributed by atoms with E-state index in [1.54, 1.807) is 0 Å². The lowest BCUT2D eigenvalue weighted by atomic mass is 10.1. The highest BCUT2D eigenvalue weighted by Crippen LogP contribution is 2.27. The number of carbonyl (C=O) groups is 2. The molecular formula is C14H22O8. The smallest absolute Gasteiger partial charge is 0.303 e. The number of rotatable bonds is 7. The molecule has 2 N–H and O–H groups in total. The van der Waals surface area contributed by atoms with Crippen LogP contribution in [-0.2, 0) is 28.5 Å². The average Bonchev–Trinajstić information content (AvgIpc) is 2.44. The lowest BCUT2D eigenvalue weighted by Gasteiger charge is -2.34. The summed E-state index contributed by atoms with van der Waals surface area (Å²) in [4.78, 5) is 22.0. The number of esters is 2. The first-order valence-corrected chi connectivity index (χ1v) is 7.06. The van der Waals surface area contributed by atoms with Gasteiger partial charge in [-0.05, 0) is 6.42 Å². The Morgan fingerprint density at radius 3 is 2.41 bits per heavy atom. The minimum Gasteiger partial charge on any atom is -0.505 e. The second-order valence-corrected chi connectivity index (χ2v) is 4.83. The van der Waals surface area contributed by atoms with Crippen LogP contribution in [0.25, 0.3) is 0 Å². The molecule has 8 heteroatoms. The summed E-state index contributed by atoms with van der Waals surface area (Å²) >= 11 is 0. The summed E-state index contributed by atoms with van der Waals surface area (Å²) < 4.78 is 20.5. The molecule has 0 spiro atoms. The van der Waals surface area contributed by atoms with Crippen LogP contribution < -0.4 is 0 Å². The fraction of sp³-hybridized carbons (Fsp3) is 0.714. The van der Waals surface area contributed by atoms with E-state index in [9.17, 15) is 19.8 Å². The first-order valence-electron chi connectivity index (χ1n) is 7.06. The van der Waals surface area contributed by atoms with Gasteiger partial charge in [-0.15, -0.1) is 0 Å². The molecule has 3 atom stereocenters. The van der Waals surface area contributed by atoms with Gasteiger partial charge in [-0.3, -0.25) is 9.59 Å². The molecule has 0 saturated carbocycles. The predicted octanol–water partition coefficient (Wildman–Crippen LogP) is 1.35. The van der Waals surface area contributed by atoms with Crippen LogP contribution >= 0.6 is 0 Å². The van der Waals surface area contributed by atoms with Gasteiger partial charge < -0.3 is 29.2 Å². The molecule has 22 heavy (non-hydrogen) atoms. The fourth-order valence-corrected chi connectivity index (χ4v) is 1.83. The summed E-state index contributed by atoms with van der Waals surface area (Å²) in [5.74, 6) is -2.35. The van der Waals surface area contributed by atoms with Gasteiger partial charge in [-0.25, -0.2) is 0 Å². The molecule has 1 aliphatic rings. The second-order valence-electron chi connectivity index (χ2n) is 4.83. The van der Waals surface area contributed by atoms with Gasteiger partial charge in [-0.2, -0.15) is 0 Å². The number of ether oxygens (including phenoxy) is 4. The molecule has 0 aliphatic carbocycles. The van der Waals surface area contributed by atoms with E-state index < -0.39 is 42.0 Å². The van der Waals surface area contributed by atoms with Crippen LogP contribution in [0.1, 0.15) is 33.6 Å². The molecule has 0 aromatic rings. The van der Waals surface area contributed by atoms with Crippen molar-refractivity contribution in [3.8, 4) is 0 Å². The summed E-state index contributed by atoms with van der Waals surface area (Å²) in [6.07, 6.45) is -1.80. The van der Waals surface area contributed by atoms with E-state index in [1.807, 2.05) is 6.92 Å². The molecule has 0 radical (unpaired) electrons. The number of aliphatic hydroxyl groups excluding tert-OH is 2. The standard InChI is InChI=1S/C14H22O8/c1-4-5-6-19-14-12(18)11(17)13(21-9(3)16)10(22-14)7-20-8(2)15/h10,13-14,17-18H,4-7H2,1-3H3/t10-,13-,14+/m1/s1. The van der Waals surface area contributed by atoms with E-state index in [-0.39, 0.29) is 6.61 Å². The average molecular weight is 318 g/mol. The van der Waals surface area contributed by atoms with Crippen molar-refractivity contribution in [3.05, 3.63) is 11.5 Å². The van der Waals surface area contributed by atoms with E-state index in [0.717, 1.165) is 19.8 Å². The number of aliphatic hydroxyl groups is 2. The number of hydrogen-bond acceptors (Lipinski definition) is 8. The van der Waals surface area contributed by atoms with E-state index in [4.69, 9.17) is 18.9 Å². The van der Waals surface area contributed by atoms with Crippen LogP contribution in [-0.4, -0.2) is 53.9 Å². The van der Waals surface area contributed by atoms with Crippen molar-refractivity contribution in [2.75, 3.05) is 13.2 Å². The van der Waals surface area contributed by atoms with Crippen LogP contribution in [0.15, 0.2) is 11.5 Å². The highest BCUT2D eigenvalue weighted by molar-refractivity contribution is 5.67. The van der Waals surface area contributed by atoms with Crippen LogP contribution in [0.3, 0.4) is 0 Å². The van der Waals surface area contributed by atoms with Crippen LogP contribution in [0.2, 0.25) is 0 Å². The second kappa shape index (κ2) is 8.60. The predicted molar refractivity (Wildman–Crippen MR) is 74.0 cm³/mol.